The van der Waals surface area contributed by atoms with E-state index < -0.39 is 5.97 Å². The van der Waals surface area contributed by atoms with Gasteiger partial charge in [-0.25, -0.2) is 4.79 Å². The number of hydrogen-bond donors (Lipinski definition) is 0. The lowest BCUT2D eigenvalue weighted by atomic mass is 10.1. The number of carbonyl (C=O) groups excluding carboxylic acids is 1. The maximum Gasteiger partial charge on any atom is 0.338 e. The average Bonchev–Trinajstić information content (AvgIpc) is 3.05. The molecule has 0 aliphatic heterocycles. The molecule has 0 fully saturated rings. The zero-order valence-electron chi connectivity index (χ0n) is 27.1. The van der Waals surface area contributed by atoms with E-state index in [1.807, 2.05) is 48.5 Å². The molecule has 0 saturated heterocycles. The van der Waals surface area contributed by atoms with Crippen LogP contribution in [0.5, 0.6) is 23.0 Å². The van der Waals surface area contributed by atoms with Gasteiger partial charge in [0.05, 0.1) is 25.9 Å². The van der Waals surface area contributed by atoms with E-state index in [1.165, 1.54) is 71.3 Å². The van der Waals surface area contributed by atoms with E-state index in [0.29, 0.717) is 36.9 Å². The topological polar surface area (TPSA) is 63.2 Å². The molecular formula is C38H52O6. The summed E-state index contributed by atoms with van der Waals surface area (Å²) in [5.41, 5.74) is 2.33. The first-order chi connectivity index (χ1) is 21.6. The normalized spacial score (nSPS) is 10.8. The minimum Gasteiger partial charge on any atom is -0.493 e. The maximum absolute atomic E-state index is 12.4. The van der Waals surface area contributed by atoms with E-state index in [1.54, 1.807) is 18.2 Å². The number of hydrogen-bond acceptors (Lipinski definition) is 6. The van der Waals surface area contributed by atoms with Crippen molar-refractivity contribution in [3.63, 3.8) is 0 Å². The lowest BCUT2D eigenvalue weighted by molar-refractivity contribution is 0.0599. The molecule has 0 N–H and O–H groups in total. The van der Waals surface area contributed by atoms with Gasteiger partial charge >= 0.3 is 5.97 Å². The van der Waals surface area contributed by atoms with Crippen LogP contribution in [0.3, 0.4) is 0 Å². The van der Waals surface area contributed by atoms with Crippen molar-refractivity contribution in [1.82, 2.24) is 0 Å². The first-order valence-electron chi connectivity index (χ1n) is 16.5. The summed E-state index contributed by atoms with van der Waals surface area (Å²) in [5, 5.41) is 0. The molecule has 0 saturated carbocycles. The summed E-state index contributed by atoms with van der Waals surface area (Å²) >= 11 is 0. The van der Waals surface area contributed by atoms with Crippen LogP contribution in [0.2, 0.25) is 0 Å². The molecule has 0 aliphatic rings. The minimum atomic E-state index is -0.449. The molecule has 0 unspecified atom stereocenters. The third-order valence-corrected chi connectivity index (χ3v) is 7.43. The Morgan fingerprint density at radius 1 is 0.523 bits per heavy atom. The van der Waals surface area contributed by atoms with Crippen LogP contribution >= 0.6 is 0 Å². The van der Waals surface area contributed by atoms with Crippen LogP contribution in [-0.4, -0.2) is 26.3 Å². The second-order valence-corrected chi connectivity index (χ2v) is 11.3. The molecule has 6 nitrogen and oxygen atoms in total. The molecule has 0 heterocycles. The molecule has 240 valence electrons. The van der Waals surface area contributed by atoms with Crippen molar-refractivity contribution in [3.05, 3.63) is 83.4 Å². The van der Waals surface area contributed by atoms with Crippen LogP contribution in [-0.2, 0) is 18.0 Å². The van der Waals surface area contributed by atoms with E-state index in [9.17, 15) is 4.79 Å². The van der Waals surface area contributed by atoms with E-state index in [0.717, 1.165) is 35.5 Å². The fourth-order valence-corrected chi connectivity index (χ4v) is 4.91. The van der Waals surface area contributed by atoms with Gasteiger partial charge in [-0.15, -0.1) is 0 Å². The number of carbonyl (C=O) groups is 1. The van der Waals surface area contributed by atoms with Gasteiger partial charge in [-0.3, -0.25) is 0 Å². The Hall–Kier alpha value is -3.67. The van der Waals surface area contributed by atoms with Crippen molar-refractivity contribution in [1.29, 1.82) is 0 Å². The Balaban J connectivity index is 1.66. The molecule has 0 atom stereocenters. The Morgan fingerprint density at radius 3 is 1.48 bits per heavy atom. The van der Waals surface area contributed by atoms with Crippen molar-refractivity contribution in [2.45, 2.75) is 104 Å². The molecule has 44 heavy (non-hydrogen) atoms. The van der Waals surface area contributed by atoms with E-state index in [4.69, 9.17) is 23.7 Å². The molecule has 0 aliphatic carbocycles. The smallest absolute Gasteiger partial charge is 0.338 e. The van der Waals surface area contributed by atoms with Crippen molar-refractivity contribution >= 4 is 5.97 Å². The summed E-state index contributed by atoms with van der Waals surface area (Å²) < 4.78 is 29.5. The zero-order valence-corrected chi connectivity index (χ0v) is 27.1. The predicted octanol–water partition coefficient (Wildman–Crippen LogP) is 10.1. The standard InChI is InChI=1S/C38H52O6/c1-4-6-8-10-12-17-21-41-34-23-32(24-35(27-34)42-22-18-13-11-9-7-5-2)30-44-37-26-33(38(39)40-3)25-36(28-37)43-29-31-19-15-14-16-20-31/h14-16,19-20,23-28H,4-13,17-18,21-22,29-30H2,1-3H3. The van der Waals surface area contributed by atoms with Crippen molar-refractivity contribution < 1.29 is 28.5 Å². The van der Waals surface area contributed by atoms with Crippen LogP contribution in [0.4, 0.5) is 0 Å². The Bertz CT molecular complexity index is 1170. The lowest BCUT2D eigenvalue weighted by Crippen LogP contribution is -2.05. The molecule has 3 rings (SSSR count). The number of benzene rings is 3. The molecule has 0 bridgehead atoms. The number of ether oxygens (including phenoxy) is 5. The third kappa shape index (κ3) is 13.7. The summed E-state index contributed by atoms with van der Waals surface area (Å²) in [5.74, 6) is 2.17. The highest BCUT2D eigenvalue weighted by molar-refractivity contribution is 5.90. The summed E-state index contributed by atoms with van der Waals surface area (Å²) in [6, 6.07) is 21.0. The molecule has 0 amide bonds. The van der Waals surface area contributed by atoms with Crippen molar-refractivity contribution in [2.75, 3.05) is 20.3 Å². The zero-order chi connectivity index (χ0) is 31.2. The second-order valence-electron chi connectivity index (χ2n) is 11.3. The van der Waals surface area contributed by atoms with Crippen LogP contribution in [0.15, 0.2) is 66.7 Å². The molecule has 3 aromatic carbocycles. The average molecular weight is 605 g/mol. The van der Waals surface area contributed by atoms with Crippen LogP contribution in [0.1, 0.15) is 112 Å². The van der Waals surface area contributed by atoms with Crippen molar-refractivity contribution in [2.24, 2.45) is 0 Å². The molecule has 3 aromatic rings. The SMILES string of the molecule is CCCCCCCCOc1cc(COc2cc(OCc3ccccc3)cc(C(=O)OC)c2)cc(OCCCCCCCC)c1. The fourth-order valence-electron chi connectivity index (χ4n) is 4.91. The van der Waals surface area contributed by atoms with E-state index >= 15 is 0 Å². The van der Waals surface area contributed by atoms with E-state index in [-0.39, 0.29) is 6.61 Å². The Labute approximate surface area is 265 Å². The first-order valence-corrected chi connectivity index (χ1v) is 16.5. The van der Waals surface area contributed by atoms with Gasteiger partial charge in [0.25, 0.3) is 0 Å². The molecular weight excluding hydrogens is 552 g/mol. The van der Waals surface area contributed by atoms with Crippen LogP contribution in [0, 0.1) is 0 Å². The first kappa shape index (κ1) is 34.8. The summed E-state index contributed by atoms with van der Waals surface area (Å²) in [7, 11) is 1.36. The van der Waals surface area contributed by atoms with Crippen LogP contribution < -0.4 is 18.9 Å². The third-order valence-electron chi connectivity index (χ3n) is 7.43. The lowest BCUT2D eigenvalue weighted by Gasteiger charge is -2.15. The summed E-state index contributed by atoms with van der Waals surface area (Å²) in [6.45, 7) is 6.49. The van der Waals surface area contributed by atoms with Gasteiger partial charge in [-0.05, 0) is 48.2 Å². The monoisotopic (exact) mass is 604 g/mol. The van der Waals surface area contributed by atoms with Crippen molar-refractivity contribution in [3.8, 4) is 23.0 Å². The minimum absolute atomic E-state index is 0.282. The molecule has 6 heteroatoms. The van der Waals surface area contributed by atoms with Gasteiger partial charge in [-0.2, -0.15) is 0 Å². The number of rotatable bonds is 23. The molecule has 0 aromatic heterocycles. The maximum atomic E-state index is 12.4. The van der Waals surface area contributed by atoms with Gasteiger partial charge in [0.2, 0.25) is 0 Å². The molecule has 0 spiro atoms. The summed E-state index contributed by atoms with van der Waals surface area (Å²) in [4.78, 5) is 12.4. The summed E-state index contributed by atoms with van der Waals surface area (Å²) in [6.07, 6.45) is 14.6. The highest BCUT2D eigenvalue weighted by Crippen LogP contribution is 2.28. The Morgan fingerprint density at radius 2 is 0.977 bits per heavy atom. The quantitative estimate of drug-likeness (QED) is 0.0793. The fraction of sp³-hybridized carbons (Fsp3) is 0.500. The molecule has 0 radical (unpaired) electrons. The van der Waals surface area contributed by atoms with Gasteiger partial charge in [-0.1, -0.05) is 108 Å². The number of esters is 1. The number of methoxy groups -OCH3 is 1. The predicted molar refractivity (Wildman–Crippen MR) is 177 cm³/mol. The second kappa shape index (κ2) is 21.1. The van der Waals surface area contributed by atoms with E-state index in [2.05, 4.69) is 13.8 Å². The highest BCUT2D eigenvalue weighted by Gasteiger charge is 2.12. The number of unbranched alkanes of at least 4 members (excludes halogenated alkanes) is 10. The van der Waals surface area contributed by atoms with Gasteiger partial charge < -0.3 is 23.7 Å². The van der Waals surface area contributed by atoms with Crippen LogP contribution in [0.25, 0.3) is 0 Å². The van der Waals surface area contributed by atoms with Gasteiger partial charge in [0.15, 0.2) is 0 Å². The van der Waals surface area contributed by atoms with Gasteiger partial charge in [0, 0.05) is 12.1 Å². The van der Waals surface area contributed by atoms with Gasteiger partial charge in [0.1, 0.15) is 36.2 Å². The Kier molecular flexibility index (Phi) is 16.7. The largest absolute Gasteiger partial charge is 0.493 e. The highest BCUT2D eigenvalue weighted by atomic mass is 16.5.